The Bertz CT molecular complexity index is 1180. The number of phenols is 1. The molecular formula is C25H27F2NO7. The third kappa shape index (κ3) is 4.16. The van der Waals surface area contributed by atoms with Crippen LogP contribution in [0.25, 0.3) is 0 Å². The summed E-state index contributed by atoms with van der Waals surface area (Å²) in [4.78, 5) is 27.1. The number of aromatic hydroxyl groups is 1. The van der Waals surface area contributed by atoms with Crippen LogP contribution in [0.4, 0.5) is 14.5 Å². The smallest absolute Gasteiger partial charge is 0.304 e. The molecule has 2 aliphatic heterocycles. The Balaban J connectivity index is 1.79. The van der Waals surface area contributed by atoms with Crippen molar-refractivity contribution in [1.29, 1.82) is 0 Å². The van der Waals surface area contributed by atoms with Crippen LogP contribution in [0, 0.1) is 24.0 Å². The molecule has 2 aromatic carbocycles. The number of rotatable bonds is 6. The van der Waals surface area contributed by atoms with Crippen molar-refractivity contribution < 1.29 is 42.8 Å². The Morgan fingerprint density at radius 3 is 2.57 bits per heavy atom. The second-order valence-corrected chi connectivity index (χ2v) is 9.25. The quantitative estimate of drug-likeness (QED) is 0.630. The standard InChI is InChI=1S/C25H27F2NO7/c1-14-15(26)5-4-6-17(14)34-13-25(3)24(2,12-19(29)30)23(32)20-18(35-25)11-16(21(27)22(20)31)28-7-9-33-10-8-28/h4-6,11,31H,7-10,12-13H2,1-3H3,(H,29,30). The number of carboxylic acids is 1. The summed E-state index contributed by atoms with van der Waals surface area (Å²) in [6, 6.07) is 5.63. The zero-order valence-electron chi connectivity index (χ0n) is 19.7. The Labute approximate surface area is 201 Å². The summed E-state index contributed by atoms with van der Waals surface area (Å²) in [6.07, 6.45) is -0.667. The van der Waals surface area contributed by atoms with Crippen LogP contribution in [-0.2, 0) is 9.53 Å². The molecule has 8 nitrogen and oxygen atoms in total. The third-order valence-corrected chi connectivity index (χ3v) is 6.99. The molecule has 0 bridgehead atoms. The molecule has 1 fully saturated rings. The van der Waals surface area contributed by atoms with Crippen LogP contribution in [0.5, 0.6) is 17.2 Å². The molecule has 2 heterocycles. The van der Waals surface area contributed by atoms with E-state index in [0.717, 1.165) is 0 Å². The first-order chi connectivity index (χ1) is 16.5. The predicted molar refractivity (Wildman–Crippen MR) is 121 cm³/mol. The molecule has 1 saturated heterocycles. The maximum atomic E-state index is 15.2. The molecule has 0 spiro atoms. The SMILES string of the molecule is Cc1c(F)cccc1OCC1(C)Oc2cc(N3CCOCC3)c(F)c(O)c2C(=O)C1(C)CC(=O)O. The van der Waals surface area contributed by atoms with Crippen LogP contribution in [-0.4, -0.2) is 60.5 Å². The molecule has 2 N–H and O–H groups in total. The van der Waals surface area contributed by atoms with E-state index >= 15 is 4.39 Å². The molecule has 188 valence electrons. The fourth-order valence-electron chi connectivity index (χ4n) is 4.53. The number of Topliss-reactive ketones (excluding diaryl/α,β-unsaturated/α-hetero) is 1. The van der Waals surface area contributed by atoms with E-state index in [1.54, 1.807) is 11.0 Å². The number of ketones is 1. The van der Waals surface area contributed by atoms with E-state index in [1.807, 2.05) is 0 Å². The second kappa shape index (κ2) is 8.99. The van der Waals surface area contributed by atoms with Crippen molar-refractivity contribution >= 4 is 17.4 Å². The summed E-state index contributed by atoms with van der Waals surface area (Å²) < 4.78 is 46.5. The van der Waals surface area contributed by atoms with Gasteiger partial charge in [-0.05, 0) is 32.9 Å². The number of carboxylic acid groups (broad SMARTS) is 1. The van der Waals surface area contributed by atoms with E-state index in [9.17, 15) is 24.2 Å². The van der Waals surface area contributed by atoms with Gasteiger partial charge in [-0.2, -0.15) is 0 Å². The zero-order chi connectivity index (χ0) is 25.5. The molecule has 0 radical (unpaired) electrons. The van der Waals surface area contributed by atoms with Crippen LogP contribution in [0.15, 0.2) is 24.3 Å². The normalized spacial score (nSPS) is 24.0. The zero-order valence-corrected chi connectivity index (χ0v) is 19.7. The Morgan fingerprint density at radius 2 is 1.91 bits per heavy atom. The van der Waals surface area contributed by atoms with Gasteiger partial charge < -0.3 is 29.3 Å². The minimum Gasteiger partial charge on any atom is -0.504 e. The number of morpholine rings is 1. The van der Waals surface area contributed by atoms with Crippen LogP contribution in [0.3, 0.4) is 0 Å². The van der Waals surface area contributed by atoms with E-state index in [-0.39, 0.29) is 29.4 Å². The van der Waals surface area contributed by atoms with Gasteiger partial charge in [-0.3, -0.25) is 9.59 Å². The number of ether oxygens (including phenoxy) is 3. The molecule has 0 aromatic heterocycles. The molecule has 0 saturated carbocycles. The summed E-state index contributed by atoms with van der Waals surface area (Å²) in [5.41, 5.74) is -3.42. The van der Waals surface area contributed by atoms with Gasteiger partial charge in [0.1, 0.15) is 29.5 Å². The Morgan fingerprint density at radius 1 is 1.23 bits per heavy atom. The van der Waals surface area contributed by atoms with Gasteiger partial charge >= 0.3 is 5.97 Å². The molecule has 2 atom stereocenters. The molecule has 10 heteroatoms. The monoisotopic (exact) mass is 491 g/mol. The minimum absolute atomic E-state index is 0.0448. The molecule has 4 rings (SSSR count). The fraction of sp³-hybridized carbons (Fsp3) is 0.440. The lowest BCUT2D eigenvalue weighted by Crippen LogP contribution is -2.60. The van der Waals surface area contributed by atoms with Gasteiger partial charge in [0.25, 0.3) is 0 Å². The lowest BCUT2D eigenvalue weighted by Gasteiger charge is -2.48. The number of aliphatic carboxylic acids is 1. The maximum absolute atomic E-state index is 15.2. The van der Waals surface area contributed by atoms with E-state index in [1.165, 1.54) is 39.0 Å². The Kier molecular flexibility index (Phi) is 6.35. The fourth-order valence-corrected chi connectivity index (χ4v) is 4.53. The van der Waals surface area contributed by atoms with Gasteiger partial charge in [-0.1, -0.05) is 6.07 Å². The number of hydrogen-bond donors (Lipinski definition) is 2. The van der Waals surface area contributed by atoms with Crippen molar-refractivity contribution in [1.82, 2.24) is 0 Å². The number of benzene rings is 2. The van der Waals surface area contributed by atoms with Gasteiger partial charge in [-0.25, -0.2) is 8.78 Å². The van der Waals surface area contributed by atoms with Crippen LogP contribution < -0.4 is 14.4 Å². The van der Waals surface area contributed by atoms with Crippen molar-refractivity contribution in [3.05, 3.63) is 47.0 Å². The number of halogens is 2. The van der Waals surface area contributed by atoms with Gasteiger partial charge in [0.05, 0.1) is 30.7 Å². The van der Waals surface area contributed by atoms with E-state index in [2.05, 4.69) is 0 Å². The van der Waals surface area contributed by atoms with E-state index in [4.69, 9.17) is 14.2 Å². The third-order valence-electron chi connectivity index (χ3n) is 6.99. The average molecular weight is 491 g/mol. The Hall–Kier alpha value is -3.40. The largest absolute Gasteiger partial charge is 0.504 e. The number of carbonyl (C=O) groups is 2. The number of hydrogen-bond acceptors (Lipinski definition) is 7. The van der Waals surface area contributed by atoms with Crippen molar-refractivity contribution in [3.8, 4) is 17.2 Å². The maximum Gasteiger partial charge on any atom is 0.304 e. The first-order valence-corrected chi connectivity index (χ1v) is 11.2. The number of anilines is 1. The summed E-state index contributed by atoms with van der Waals surface area (Å²) in [7, 11) is 0. The summed E-state index contributed by atoms with van der Waals surface area (Å²) in [5.74, 6) is -4.31. The summed E-state index contributed by atoms with van der Waals surface area (Å²) in [5, 5.41) is 20.3. The highest BCUT2D eigenvalue weighted by molar-refractivity contribution is 6.08. The highest BCUT2D eigenvalue weighted by atomic mass is 19.1. The van der Waals surface area contributed by atoms with Crippen LogP contribution in [0.2, 0.25) is 0 Å². The number of phenolic OH excluding ortho intramolecular Hbond substituents is 1. The molecule has 0 aliphatic carbocycles. The van der Waals surface area contributed by atoms with Gasteiger partial charge in [0.15, 0.2) is 23.0 Å². The summed E-state index contributed by atoms with van der Waals surface area (Å²) >= 11 is 0. The van der Waals surface area contributed by atoms with Crippen molar-refractivity contribution in [2.75, 3.05) is 37.8 Å². The minimum atomic E-state index is -1.74. The number of nitrogens with zero attached hydrogens (tertiary/aromatic N) is 1. The molecular weight excluding hydrogens is 464 g/mol. The number of fused-ring (bicyclic) bond motifs is 1. The second-order valence-electron chi connectivity index (χ2n) is 9.25. The van der Waals surface area contributed by atoms with Crippen LogP contribution >= 0.6 is 0 Å². The lowest BCUT2D eigenvalue weighted by molar-refractivity contribution is -0.144. The van der Waals surface area contributed by atoms with Crippen molar-refractivity contribution in [3.63, 3.8) is 0 Å². The average Bonchev–Trinajstić information content (AvgIpc) is 2.81. The highest BCUT2D eigenvalue weighted by Gasteiger charge is 2.59. The summed E-state index contributed by atoms with van der Waals surface area (Å²) in [6.45, 7) is 5.59. The highest BCUT2D eigenvalue weighted by Crippen LogP contribution is 2.52. The molecule has 2 unspecified atom stereocenters. The first kappa shape index (κ1) is 24.7. The van der Waals surface area contributed by atoms with E-state index in [0.29, 0.717) is 26.3 Å². The van der Waals surface area contributed by atoms with Gasteiger partial charge in [0, 0.05) is 24.7 Å². The number of carbonyl (C=O) groups excluding carboxylic acids is 1. The molecule has 2 aliphatic rings. The molecule has 35 heavy (non-hydrogen) atoms. The predicted octanol–water partition coefficient (Wildman–Crippen LogP) is 3.71. The van der Waals surface area contributed by atoms with Crippen molar-refractivity contribution in [2.45, 2.75) is 32.8 Å². The van der Waals surface area contributed by atoms with Crippen LogP contribution in [0.1, 0.15) is 36.2 Å². The molecule has 2 aromatic rings. The first-order valence-electron chi connectivity index (χ1n) is 11.2. The van der Waals surface area contributed by atoms with Crippen molar-refractivity contribution in [2.24, 2.45) is 5.41 Å². The topological polar surface area (TPSA) is 106 Å². The lowest BCUT2D eigenvalue weighted by atomic mass is 9.65. The van der Waals surface area contributed by atoms with Gasteiger partial charge in [-0.15, -0.1) is 0 Å². The van der Waals surface area contributed by atoms with E-state index < -0.39 is 52.1 Å². The molecule has 0 amide bonds. The van der Waals surface area contributed by atoms with Gasteiger partial charge in [0.2, 0.25) is 0 Å².